The summed E-state index contributed by atoms with van der Waals surface area (Å²) in [4.78, 5) is 2.62. The summed E-state index contributed by atoms with van der Waals surface area (Å²) in [6.45, 7) is 5.35. The third-order valence-corrected chi connectivity index (χ3v) is 5.09. The van der Waals surface area contributed by atoms with E-state index in [1.54, 1.807) is 0 Å². The van der Waals surface area contributed by atoms with Crippen molar-refractivity contribution in [3.8, 4) is 0 Å². The molecule has 104 valence electrons. The predicted molar refractivity (Wildman–Crippen MR) is 82.2 cm³/mol. The molecule has 2 bridgehead atoms. The summed E-state index contributed by atoms with van der Waals surface area (Å²) in [7, 11) is 0. The van der Waals surface area contributed by atoms with Crippen LogP contribution in [0.3, 0.4) is 0 Å². The van der Waals surface area contributed by atoms with E-state index in [9.17, 15) is 0 Å². The lowest BCUT2D eigenvalue weighted by Gasteiger charge is -2.41. The minimum atomic E-state index is 0.696. The number of benzene rings is 1. The highest BCUT2D eigenvalue weighted by Crippen LogP contribution is 2.40. The van der Waals surface area contributed by atoms with E-state index >= 15 is 0 Å². The highest BCUT2D eigenvalue weighted by molar-refractivity contribution is 6.31. The molecule has 2 nitrogen and oxygen atoms in total. The Kier molecular flexibility index (Phi) is 3.72. The fourth-order valence-corrected chi connectivity index (χ4v) is 3.97. The van der Waals surface area contributed by atoms with Gasteiger partial charge in [-0.15, -0.1) is 0 Å². The van der Waals surface area contributed by atoms with E-state index in [2.05, 4.69) is 42.3 Å². The van der Waals surface area contributed by atoms with Crippen LogP contribution in [0.25, 0.3) is 0 Å². The molecule has 0 spiro atoms. The van der Waals surface area contributed by atoms with Crippen LogP contribution in [0.2, 0.25) is 5.02 Å². The Morgan fingerprint density at radius 2 is 1.95 bits per heavy atom. The molecule has 2 heterocycles. The average molecular weight is 279 g/mol. The highest BCUT2D eigenvalue weighted by Gasteiger charge is 2.40. The van der Waals surface area contributed by atoms with Crippen LogP contribution in [-0.4, -0.2) is 24.7 Å². The van der Waals surface area contributed by atoms with Gasteiger partial charge in [0.05, 0.1) is 0 Å². The van der Waals surface area contributed by atoms with Gasteiger partial charge in [-0.05, 0) is 56.8 Å². The fraction of sp³-hybridized carbons (Fsp3) is 0.625. The molecular formula is C16H23ClN2. The molecule has 0 radical (unpaired) electrons. The van der Waals surface area contributed by atoms with Crippen molar-refractivity contribution < 1.29 is 0 Å². The van der Waals surface area contributed by atoms with Crippen LogP contribution in [0, 0.1) is 6.92 Å². The van der Waals surface area contributed by atoms with Crippen molar-refractivity contribution in [2.45, 2.75) is 57.7 Å². The molecule has 2 aliphatic rings. The van der Waals surface area contributed by atoms with Gasteiger partial charge in [0.25, 0.3) is 0 Å². The molecule has 2 unspecified atom stereocenters. The summed E-state index contributed by atoms with van der Waals surface area (Å²) in [5.74, 6) is 0. The van der Waals surface area contributed by atoms with E-state index in [1.165, 1.54) is 36.9 Å². The lowest BCUT2D eigenvalue weighted by Crippen LogP contribution is -2.49. The Balaban J connectivity index is 1.81. The van der Waals surface area contributed by atoms with E-state index < -0.39 is 0 Å². The Bertz CT molecular complexity index is 446. The van der Waals surface area contributed by atoms with Gasteiger partial charge in [0.2, 0.25) is 0 Å². The number of piperidine rings is 1. The number of hydrogen-bond donors (Lipinski definition) is 1. The maximum absolute atomic E-state index is 6.29. The number of rotatable bonds is 3. The molecule has 2 aliphatic heterocycles. The summed E-state index contributed by atoms with van der Waals surface area (Å²) in [5.41, 5.74) is 2.48. The zero-order chi connectivity index (χ0) is 13.4. The van der Waals surface area contributed by atoms with E-state index in [0.29, 0.717) is 18.1 Å². The maximum Gasteiger partial charge on any atom is 0.0455 e. The Morgan fingerprint density at radius 3 is 2.53 bits per heavy atom. The zero-order valence-corrected chi connectivity index (χ0v) is 12.6. The van der Waals surface area contributed by atoms with Crippen LogP contribution in [-0.2, 0) is 0 Å². The summed E-state index contributed by atoms with van der Waals surface area (Å²) >= 11 is 6.29. The third kappa shape index (κ3) is 2.48. The number of aryl methyl sites for hydroxylation is 1. The maximum atomic E-state index is 6.29. The quantitative estimate of drug-likeness (QED) is 0.906. The zero-order valence-electron chi connectivity index (χ0n) is 11.8. The third-order valence-electron chi connectivity index (χ3n) is 4.68. The molecule has 0 amide bonds. The Hall–Kier alpha value is -0.730. The van der Waals surface area contributed by atoms with Gasteiger partial charge in [-0.1, -0.05) is 24.6 Å². The van der Waals surface area contributed by atoms with Crippen molar-refractivity contribution in [1.29, 1.82) is 0 Å². The topological polar surface area (TPSA) is 15.3 Å². The molecule has 1 aromatic rings. The van der Waals surface area contributed by atoms with Gasteiger partial charge in [-0.25, -0.2) is 0 Å². The van der Waals surface area contributed by atoms with Crippen LogP contribution in [0.1, 0.15) is 38.2 Å². The summed E-state index contributed by atoms with van der Waals surface area (Å²) in [5, 5.41) is 4.52. The van der Waals surface area contributed by atoms with Crippen LogP contribution >= 0.6 is 11.6 Å². The number of hydrogen-bond acceptors (Lipinski definition) is 2. The molecule has 0 aliphatic carbocycles. The van der Waals surface area contributed by atoms with Crippen molar-refractivity contribution in [3.05, 3.63) is 28.8 Å². The van der Waals surface area contributed by atoms with Gasteiger partial charge in [0.1, 0.15) is 0 Å². The second kappa shape index (κ2) is 5.34. The molecule has 2 saturated heterocycles. The van der Waals surface area contributed by atoms with E-state index in [1.807, 2.05) is 0 Å². The van der Waals surface area contributed by atoms with Crippen molar-refractivity contribution in [1.82, 2.24) is 5.32 Å². The molecule has 19 heavy (non-hydrogen) atoms. The first-order valence-electron chi connectivity index (χ1n) is 7.47. The Labute approximate surface area is 121 Å². The van der Waals surface area contributed by atoms with Gasteiger partial charge in [0, 0.05) is 28.8 Å². The van der Waals surface area contributed by atoms with Crippen LogP contribution in [0.15, 0.2) is 18.2 Å². The molecule has 1 aromatic carbocycles. The molecule has 0 saturated carbocycles. The van der Waals surface area contributed by atoms with E-state index in [0.717, 1.165) is 11.6 Å². The van der Waals surface area contributed by atoms with Gasteiger partial charge >= 0.3 is 0 Å². The summed E-state index contributed by atoms with van der Waals surface area (Å²) in [6, 6.07) is 8.63. The van der Waals surface area contributed by atoms with E-state index in [-0.39, 0.29) is 0 Å². The lowest BCUT2D eigenvalue weighted by atomic mass is 9.96. The fourth-order valence-electron chi connectivity index (χ4n) is 3.80. The molecule has 0 aromatic heterocycles. The minimum Gasteiger partial charge on any atom is -0.365 e. The molecule has 3 heteroatoms. The van der Waals surface area contributed by atoms with Gasteiger partial charge in [0.15, 0.2) is 0 Å². The van der Waals surface area contributed by atoms with Crippen molar-refractivity contribution in [3.63, 3.8) is 0 Å². The predicted octanol–water partition coefficient (Wildman–Crippen LogP) is 3.76. The molecule has 2 atom stereocenters. The molecule has 1 N–H and O–H groups in total. The normalized spacial score (nSPS) is 29.8. The number of fused-ring (bicyclic) bond motifs is 2. The van der Waals surface area contributed by atoms with Gasteiger partial charge < -0.3 is 10.2 Å². The smallest absolute Gasteiger partial charge is 0.0455 e. The van der Waals surface area contributed by atoms with Crippen LogP contribution in [0.4, 0.5) is 5.69 Å². The number of halogens is 1. The minimum absolute atomic E-state index is 0.696. The second-order valence-electron chi connectivity index (χ2n) is 5.95. The first-order chi connectivity index (χ1) is 9.19. The summed E-state index contributed by atoms with van der Waals surface area (Å²) in [6.07, 6.45) is 5.21. The van der Waals surface area contributed by atoms with Gasteiger partial charge in [-0.3, -0.25) is 0 Å². The van der Waals surface area contributed by atoms with Gasteiger partial charge in [-0.2, -0.15) is 0 Å². The first kappa shape index (κ1) is 13.3. The average Bonchev–Trinajstić information content (AvgIpc) is 2.65. The number of nitrogens with one attached hydrogen (secondary N) is 1. The number of anilines is 1. The van der Waals surface area contributed by atoms with Crippen molar-refractivity contribution >= 4 is 17.3 Å². The number of nitrogens with zero attached hydrogens (tertiary/aromatic N) is 1. The first-order valence-corrected chi connectivity index (χ1v) is 7.84. The summed E-state index contributed by atoms with van der Waals surface area (Å²) < 4.78 is 0. The SMILES string of the molecule is CCNC1CC2CCC(C1)N2c1ccc(C)c(Cl)c1. The standard InChI is InChI=1S/C16H23ClN2/c1-3-18-12-8-13-6-7-14(9-12)19(13)15-5-4-11(2)16(17)10-15/h4-5,10,12-14,18H,3,6-9H2,1-2H3. The second-order valence-corrected chi connectivity index (χ2v) is 6.36. The molecule has 3 rings (SSSR count). The van der Waals surface area contributed by atoms with Crippen LogP contribution < -0.4 is 10.2 Å². The van der Waals surface area contributed by atoms with Crippen molar-refractivity contribution in [2.24, 2.45) is 0 Å². The monoisotopic (exact) mass is 278 g/mol. The van der Waals surface area contributed by atoms with Crippen molar-refractivity contribution in [2.75, 3.05) is 11.4 Å². The molecule has 2 fully saturated rings. The molecular weight excluding hydrogens is 256 g/mol. The lowest BCUT2D eigenvalue weighted by molar-refractivity contribution is 0.361. The highest BCUT2D eigenvalue weighted by atomic mass is 35.5. The van der Waals surface area contributed by atoms with E-state index in [4.69, 9.17) is 11.6 Å². The Morgan fingerprint density at radius 1 is 1.26 bits per heavy atom. The van der Waals surface area contributed by atoms with Crippen LogP contribution in [0.5, 0.6) is 0 Å². The largest absolute Gasteiger partial charge is 0.365 e.